The fraction of sp³-hybridized carbons (Fsp3) is 0.261. The zero-order valence-corrected chi connectivity index (χ0v) is 17.9. The number of ether oxygens (including phenoxy) is 3. The first kappa shape index (κ1) is 21.2. The van der Waals surface area contributed by atoms with E-state index in [1.807, 2.05) is 31.2 Å². The van der Waals surface area contributed by atoms with Crippen molar-refractivity contribution in [2.45, 2.75) is 13.0 Å². The number of rotatable bonds is 6. The van der Waals surface area contributed by atoms with E-state index in [-0.39, 0.29) is 13.2 Å². The number of hydrogen-bond donors (Lipinski definition) is 2. The molecule has 4 rings (SSSR count). The zero-order chi connectivity index (χ0) is 22.8. The maximum atomic E-state index is 12.9. The number of anilines is 1. The number of urea groups is 1. The minimum atomic E-state index is -0.631. The predicted octanol–water partition coefficient (Wildman–Crippen LogP) is 2.53. The van der Waals surface area contributed by atoms with Crippen LogP contribution in [0.2, 0.25) is 0 Å². The molecular formula is C23H23N3O6. The fourth-order valence-corrected chi connectivity index (χ4v) is 3.81. The second-order valence-electron chi connectivity index (χ2n) is 7.43. The van der Waals surface area contributed by atoms with Gasteiger partial charge >= 0.3 is 12.0 Å². The van der Waals surface area contributed by atoms with E-state index in [1.54, 1.807) is 18.2 Å². The molecule has 3 amide bonds. The van der Waals surface area contributed by atoms with Gasteiger partial charge in [-0.05, 0) is 24.6 Å². The van der Waals surface area contributed by atoms with Gasteiger partial charge in [-0.25, -0.2) is 9.59 Å². The monoisotopic (exact) mass is 437 g/mol. The van der Waals surface area contributed by atoms with Gasteiger partial charge in [0.1, 0.15) is 24.7 Å². The number of carbonyl (C=O) groups is 3. The summed E-state index contributed by atoms with van der Waals surface area (Å²) in [6.45, 7) is 1.57. The lowest BCUT2D eigenvalue weighted by atomic mass is 9.94. The smallest absolute Gasteiger partial charge is 0.338 e. The molecule has 32 heavy (non-hydrogen) atoms. The van der Waals surface area contributed by atoms with Gasteiger partial charge in [-0.15, -0.1) is 0 Å². The first-order valence-electron chi connectivity index (χ1n) is 9.98. The first-order valence-corrected chi connectivity index (χ1v) is 9.98. The van der Waals surface area contributed by atoms with E-state index in [0.717, 1.165) is 11.1 Å². The van der Waals surface area contributed by atoms with Crippen LogP contribution in [0.15, 0.2) is 53.7 Å². The molecule has 2 N–H and O–H groups in total. The highest BCUT2D eigenvalue weighted by molar-refractivity contribution is 6.00. The Morgan fingerprint density at radius 3 is 2.72 bits per heavy atom. The molecule has 0 aliphatic carbocycles. The van der Waals surface area contributed by atoms with Crippen molar-refractivity contribution in [2.75, 3.05) is 32.7 Å². The molecule has 2 heterocycles. The number of nitrogens with zero attached hydrogens (tertiary/aromatic N) is 1. The van der Waals surface area contributed by atoms with Crippen LogP contribution in [0.3, 0.4) is 0 Å². The molecule has 0 fully saturated rings. The second kappa shape index (κ2) is 8.62. The number of nitrogens with one attached hydrogen (secondary N) is 2. The van der Waals surface area contributed by atoms with Crippen LogP contribution in [0, 0.1) is 6.92 Å². The van der Waals surface area contributed by atoms with E-state index in [9.17, 15) is 14.4 Å². The number of amides is 3. The van der Waals surface area contributed by atoms with Crippen molar-refractivity contribution in [3.8, 4) is 11.5 Å². The molecular weight excluding hydrogens is 414 g/mol. The first-order chi connectivity index (χ1) is 15.4. The number of aryl methyl sites for hydroxylation is 1. The maximum Gasteiger partial charge on any atom is 0.338 e. The Kier molecular flexibility index (Phi) is 5.72. The highest BCUT2D eigenvalue weighted by atomic mass is 16.5. The Bertz CT molecular complexity index is 1130. The highest BCUT2D eigenvalue weighted by Crippen LogP contribution is 2.35. The molecule has 0 saturated carbocycles. The van der Waals surface area contributed by atoms with E-state index in [4.69, 9.17) is 14.2 Å². The number of esters is 1. The summed E-state index contributed by atoms with van der Waals surface area (Å²) in [6, 6.07) is 11.4. The molecule has 9 heteroatoms. The van der Waals surface area contributed by atoms with Crippen molar-refractivity contribution < 1.29 is 28.6 Å². The topological polar surface area (TPSA) is 106 Å². The van der Waals surface area contributed by atoms with Gasteiger partial charge in [-0.1, -0.05) is 29.8 Å². The lowest BCUT2D eigenvalue weighted by Crippen LogP contribution is -2.49. The van der Waals surface area contributed by atoms with Gasteiger partial charge in [0.15, 0.2) is 0 Å². The molecule has 2 aromatic carbocycles. The van der Waals surface area contributed by atoms with Crippen molar-refractivity contribution >= 4 is 23.6 Å². The molecule has 166 valence electrons. The highest BCUT2D eigenvalue weighted by Gasteiger charge is 2.42. The summed E-state index contributed by atoms with van der Waals surface area (Å²) in [5.74, 6) is 0.0333. The van der Waals surface area contributed by atoms with Gasteiger partial charge in [0.05, 0.1) is 37.2 Å². The van der Waals surface area contributed by atoms with Crippen molar-refractivity contribution in [3.05, 3.63) is 64.9 Å². The lowest BCUT2D eigenvalue weighted by Gasteiger charge is -2.32. The third-order valence-corrected chi connectivity index (χ3v) is 5.36. The molecule has 2 aromatic rings. The third-order valence-electron chi connectivity index (χ3n) is 5.36. The van der Waals surface area contributed by atoms with Crippen LogP contribution in [-0.2, 0) is 14.3 Å². The Labute approximate surface area is 184 Å². The SMILES string of the molecule is COc1ccc(NC(=O)CN2C(=O)N[C@H](c3cccc(C)c3)C3=C2COC3=O)c(OC)c1. The molecule has 9 nitrogen and oxygen atoms in total. The Morgan fingerprint density at radius 2 is 2.00 bits per heavy atom. The van der Waals surface area contributed by atoms with Gasteiger partial charge in [-0.2, -0.15) is 0 Å². The molecule has 0 spiro atoms. The summed E-state index contributed by atoms with van der Waals surface area (Å²) in [5, 5.41) is 5.56. The summed E-state index contributed by atoms with van der Waals surface area (Å²) < 4.78 is 15.7. The van der Waals surface area contributed by atoms with E-state index < -0.39 is 23.9 Å². The number of benzene rings is 2. The van der Waals surface area contributed by atoms with Crippen LogP contribution < -0.4 is 20.1 Å². The van der Waals surface area contributed by atoms with Gasteiger partial charge in [-0.3, -0.25) is 9.69 Å². The number of cyclic esters (lactones) is 1. The normalized spacial score (nSPS) is 17.5. The molecule has 0 unspecified atom stereocenters. The van der Waals surface area contributed by atoms with Crippen LogP contribution in [0.25, 0.3) is 0 Å². The number of methoxy groups -OCH3 is 2. The van der Waals surface area contributed by atoms with Crippen LogP contribution in [0.4, 0.5) is 10.5 Å². The summed E-state index contributed by atoms with van der Waals surface area (Å²) in [5.41, 5.74) is 2.94. The van der Waals surface area contributed by atoms with Crippen molar-refractivity contribution in [3.63, 3.8) is 0 Å². The van der Waals surface area contributed by atoms with Crippen LogP contribution in [0.5, 0.6) is 11.5 Å². The molecule has 0 bridgehead atoms. The molecule has 0 aromatic heterocycles. The van der Waals surface area contributed by atoms with E-state index in [0.29, 0.717) is 28.5 Å². The molecule has 0 saturated heterocycles. The molecule has 1 atom stereocenters. The van der Waals surface area contributed by atoms with Crippen molar-refractivity contribution in [1.29, 1.82) is 0 Å². The van der Waals surface area contributed by atoms with Gasteiger partial charge < -0.3 is 24.8 Å². The largest absolute Gasteiger partial charge is 0.497 e. The van der Waals surface area contributed by atoms with E-state index >= 15 is 0 Å². The van der Waals surface area contributed by atoms with Gasteiger partial charge in [0, 0.05) is 6.07 Å². The predicted molar refractivity (Wildman–Crippen MR) is 115 cm³/mol. The Balaban J connectivity index is 1.58. The maximum absolute atomic E-state index is 12.9. The lowest BCUT2D eigenvalue weighted by molar-refractivity contribution is -0.136. The van der Waals surface area contributed by atoms with E-state index in [1.165, 1.54) is 19.1 Å². The standard InChI is InChI=1S/C23H23N3O6/c1-13-5-4-6-14(9-13)21-20-17(12-32-22(20)28)26(23(29)25-21)11-19(27)24-16-8-7-15(30-2)10-18(16)31-3/h4-10,21H,11-12H2,1-3H3,(H,24,27)(H,25,29)/t21-/m1/s1. The van der Waals surface area contributed by atoms with Crippen molar-refractivity contribution in [1.82, 2.24) is 10.2 Å². The van der Waals surface area contributed by atoms with Crippen molar-refractivity contribution in [2.24, 2.45) is 0 Å². The average Bonchev–Trinajstić information content (AvgIpc) is 3.17. The van der Waals surface area contributed by atoms with Crippen LogP contribution >= 0.6 is 0 Å². The quantitative estimate of drug-likeness (QED) is 0.673. The minimum Gasteiger partial charge on any atom is -0.497 e. The molecule has 2 aliphatic heterocycles. The van der Waals surface area contributed by atoms with Crippen LogP contribution in [-0.4, -0.2) is 50.2 Å². The fourth-order valence-electron chi connectivity index (χ4n) is 3.81. The number of carbonyl (C=O) groups excluding carboxylic acids is 3. The molecule has 2 aliphatic rings. The van der Waals surface area contributed by atoms with Gasteiger partial charge in [0.25, 0.3) is 0 Å². The average molecular weight is 437 g/mol. The van der Waals surface area contributed by atoms with E-state index in [2.05, 4.69) is 10.6 Å². The molecule has 0 radical (unpaired) electrons. The van der Waals surface area contributed by atoms with Gasteiger partial charge in [0.2, 0.25) is 5.91 Å². The summed E-state index contributed by atoms with van der Waals surface area (Å²) >= 11 is 0. The summed E-state index contributed by atoms with van der Waals surface area (Å²) in [6.07, 6.45) is 0. The van der Waals surface area contributed by atoms with Crippen LogP contribution in [0.1, 0.15) is 17.2 Å². The minimum absolute atomic E-state index is 0.0664. The zero-order valence-electron chi connectivity index (χ0n) is 17.9. The second-order valence-corrected chi connectivity index (χ2v) is 7.43. The number of hydrogen-bond acceptors (Lipinski definition) is 6. The Morgan fingerprint density at radius 1 is 1.19 bits per heavy atom. The Hall–Kier alpha value is -4.01. The summed E-state index contributed by atoms with van der Waals surface area (Å²) in [4.78, 5) is 39.3. The third kappa shape index (κ3) is 3.96. The summed E-state index contributed by atoms with van der Waals surface area (Å²) in [7, 11) is 3.01.